The number of nitrogens with zero attached hydrogens (tertiary/aromatic N) is 6. The molecule has 2 heterocycles. The van der Waals surface area contributed by atoms with Crippen LogP contribution >= 0.6 is 11.6 Å². The first-order valence-corrected chi connectivity index (χ1v) is 8.10. The second-order valence-corrected chi connectivity index (χ2v) is 5.65. The van der Waals surface area contributed by atoms with Gasteiger partial charge in [0.15, 0.2) is 5.69 Å². The molecule has 3 aromatic rings. The fourth-order valence-corrected chi connectivity index (χ4v) is 2.42. The predicted octanol–water partition coefficient (Wildman–Crippen LogP) is 1.60. The second-order valence-electron chi connectivity index (χ2n) is 5.24. The summed E-state index contributed by atoms with van der Waals surface area (Å²) in [5, 5.41) is 19.5. The third-order valence-corrected chi connectivity index (χ3v) is 3.78. The number of nitrogen functional groups attached to an aromatic ring is 1. The Morgan fingerprint density at radius 2 is 2.23 bits per heavy atom. The molecule has 0 aliphatic rings. The molecule has 10 nitrogen and oxygen atoms in total. The van der Waals surface area contributed by atoms with Gasteiger partial charge in [0, 0.05) is 10.6 Å². The van der Waals surface area contributed by atoms with Crippen LogP contribution in [0.4, 0.5) is 5.82 Å². The van der Waals surface area contributed by atoms with Gasteiger partial charge in [-0.25, -0.2) is 10.1 Å². The van der Waals surface area contributed by atoms with E-state index < -0.39 is 5.91 Å². The Kier molecular flexibility index (Phi) is 5.23. The number of amides is 1. The minimum Gasteiger partial charge on any atom is -0.378 e. The summed E-state index contributed by atoms with van der Waals surface area (Å²) in [4.78, 5) is 12.4. The fourth-order valence-electron chi connectivity index (χ4n) is 2.24. The van der Waals surface area contributed by atoms with E-state index in [0.717, 1.165) is 6.42 Å². The van der Waals surface area contributed by atoms with E-state index in [1.807, 2.05) is 13.0 Å². The molecule has 0 saturated carbocycles. The molecule has 0 atom stereocenters. The normalized spacial score (nSPS) is 11.2. The van der Waals surface area contributed by atoms with E-state index in [9.17, 15) is 4.79 Å². The van der Waals surface area contributed by atoms with Crippen molar-refractivity contribution in [1.82, 2.24) is 30.7 Å². The van der Waals surface area contributed by atoms with Gasteiger partial charge in [-0.3, -0.25) is 4.79 Å². The van der Waals surface area contributed by atoms with Crippen molar-refractivity contribution in [2.24, 2.45) is 5.10 Å². The summed E-state index contributed by atoms with van der Waals surface area (Å²) in [6.45, 7) is 1.96. The average molecular weight is 375 g/mol. The maximum Gasteiger partial charge on any atom is 0.293 e. The molecule has 0 spiro atoms. The van der Waals surface area contributed by atoms with Gasteiger partial charge in [0.05, 0.1) is 11.9 Å². The molecule has 3 rings (SSSR count). The molecule has 0 aliphatic carbocycles. The Hall–Kier alpha value is -3.27. The van der Waals surface area contributed by atoms with Crippen LogP contribution in [-0.4, -0.2) is 37.4 Å². The Morgan fingerprint density at radius 1 is 1.42 bits per heavy atom. The molecule has 3 N–H and O–H groups in total. The standard InChI is InChI=1S/C15H15ClN8O2/c1-2-5-11-12(19-23-24(11)14-13(17)21-26-22-14)15(25)20-18-8-9-6-3-4-7-10(9)16/h3-4,6-8H,2,5H2,1H3,(H2,17,21)(H,20,25)/b18-8+. The molecule has 0 bridgehead atoms. The Labute approximate surface area is 153 Å². The minimum atomic E-state index is -0.516. The van der Waals surface area contributed by atoms with Crippen molar-refractivity contribution in [3.05, 3.63) is 46.2 Å². The number of aromatic nitrogens is 5. The molecule has 11 heteroatoms. The maximum atomic E-state index is 12.4. The molecule has 0 unspecified atom stereocenters. The second kappa shape index (κ2) is 7.74. The van der Waals surface area contributed by atoms with Crippen LogP contribution in [0.5, 0.6) is 0 Å². The zero-order valence-corrected chi connectivity index (χ0v) is 14.5. The number of hydrogen-bond donors (Lipinski definition) is 2. The van der Waals surface area contributed by atoms with Gasteiger partial charge in [0.1, 0.15) is 0 Å². The fraction of sp³-hybridized carbons (Fsp3) is 0.200. The van der Waals surface area contributed by atoms with Crippen LogP contribution in [-0.2, 0) is 6.42 Å². The summed E-state index contributed by atoms with van der Waals surface area (Å²) in [7, 11) is 0. The van der Waals surface area contributed by atoms with E-state index in [1.165, 1.54) is 10.9 Å². The molecular weight excluding hydrogens is 360 g/mol. The number of halogens is 1. The first-order chi connectivity index (χ1) is 12.6. The highest BCUT2D eigenvalue weighted by molar-refractivity contribution is 6.33. The van der Waals surface area contributed by atoms with Crippen LogP contribution in [0, 0.1) is 0 Å². The van der Waals surface area contributed by atoms with Gasteiger partial charge in [-0.2, -0.15) is 9.78 Å². The monoisotopic (exact) mass is 374 g/mol. The first kappa shape index (κ1) is 17.5. The lowest BCUT2D eigenvalue weighted by molar-refractivity contribution is 0.0949. The van der Waals surface area contributed by atoms with Gasteiger partial charge in [-0.1, -0.05) is 48.4 Å². The zero-order chi connectivity index (χ0) is 18.5. The van der Waals surface area contributed by atoms with Gasteiger partial charge in [-0.05, 0) is 22.8 Å². The maximum absolute atomic E-state index is 12.4. The van der Waals surface area contributed by atoms with Crippen LogP contribution in [0.1, 0.15) is 35.1 Å². The molecule has 0 fully saturated rings. The molecule has 0 radical (unpaired) electrons. The Balaban J connectivity index is 1.82. The molecular formula is C15H15ClN8O2. The van der Waals surface area contributed by atoms with E-state index in [2.05, 4.69) is 35.8 Å². The van der Waals surface area contributed by atoms with Crippen LogP contribution in [0.15, 0.2) is 34.0 Å². The Morgan fingerprint density at radius 3 is 2.92 bits per heavy atom. The number of nitrogens with one attached hydrogen (secondary N) is 1. The molecule has 0 aliphatic heterocycles. The Bertz CT molecular complexity index is 949. The highest BCUT2D eigenvalue weighted by atomic mass is 35.5. The lowest BCUT2D eigenvalue weighted by atomic mass is 10.2. The van der Waals surface area contributed by atoms with Gasteiger partial charge in [-0.15, -0.1) is 5.10 Å². The number of hydrazone groups is 1. The van der Waals surface area contributed by atoms with Crippen molar-refractivity contribution in [3.63, 3.8) is 0 Å². The van der Waals surface area contributed by atoms with Crippen LogP contribution in [0.25, 0.3) is 5.82 Å². The number of nitrogens with two attached hydrogens (primary N) is 1. The third kappa shape index (κ3) is 3.54. The van der Waals surface area contributed by atoms with Crippen molar-refractivity contribution >= 4 is 29.5 Å². The quantitative estimate of drug-likeness (QED) is 0.493. The lowest BCUT2D eigenvalue weighted by Gasteiger charge is -2.03. The molecule has 0 saturated heterocycles. The number of carbonyl (C=O) groups excluding carboxylic acids is 1. The summed E-state index contributed by atoms with van der Waals surface area (Å²) < 4.78 is 5.91. The van der Waals surface area contributed by atoms with E-state index in [-0.39, 0.29) is 17.3 Å². The minimum absolute atomic E-state index is 0.0518. The van der Waals surface area contributed by atoms with E-state index in [1.54, 1.807) is 18.2 Å². The summed E-state index contributed by atoms with van der Waals surface area (Å²) in [6, 6.07) is 7.12. The summed E-state index contributed by atoms with van der Waals surface area (Å²) in [6.07, 6.45) is 2.72. The lowest BCUT2D eigenvalue weighted by Crippen LogP contribution is -2.20. The summed E-state index contributed by atoms with van der Waals surface area (Å²) in [5.74, 6) is -0.284. The van der Waals surface area contributed by atoms with E-state index in [4.69, 9.17) is 17.3 Å². The predicted molar refractivity (Wildman–Crippen MR) is 94.1 cm³/mol. The van der Waals surface area contributed by atoms with Crippen LogP contribution in [0.3, 0.4) is 0 Å². The number of rotatable bonds is 6. The highest BCUT2D eigenvalue weighted by Gasteiger charge is 2.23. The zero-order valence-electron chi connectivity index (χ0n) is 13.8. The summed E-state index contributed by atoms with van der Waals surface area (Å²) >= 11 is 6.04. The van der Waals surface area contributed by atoms with Crippen LogP contribution in [0.2, 0.25) is 5.02 Å². The molecule has 134 valence electrons. The van der Waals surface area contributed by atoms with Crippen molar-refractivity contribution < 1.29 is 9.42 Å². The number of benzene rings is 1. The van der Waals surface area contributed by atoms with Crippen molar-refractivity contribution in [1.29, 1.82) is 0 Å². The van der Waals surface area contributed by atoms with Gasteiger partial charge in [0.2, 0.25) is 11.6 Å². The van der Waals surface area contributed by atoms with Crippen molar-refractivity contribution in [2.75, 3.05) is 5.73 Å². The van der Waals surface area contributed by atoms with Gasteiger partial charge < -0.3 is 5.73 Å². The molecule has 2 aromatic heterocycles. The van der Waals surface area contributed by atoms with Crippen LogP contribution < -0.4 is 11.2 Å². The molecule has 1 aromatic carbocycles. The molecule has 26 heavy (non-hydrogen) atoms. The van der Waals surface area contributed by atoms with E-state index >= 15 is 0 Å². The third-order valence-electron chi connectivity index (χ3n) is 3.44. The SMILES string of the molecule is CCCc1c(C(=O)N/N=C/c2ccccc2Cl)nnn1-c1nonc1N. The highest BCUT2D eigenvalue weighted by Crippen LogP contribution is 2.17. The largest absolute Gasteiger partial charge is 0.378 e. The molecule has 1 amide bonds. The number of hydrogen-bond acceptors (Lipinski definition) is 8. The van der Waals surface area contributed by atoms with Gasteiger partial charge >= 0.3 is 0 Å². The number of anilines is 1. The number of carbonyl (C=O) groups is 1. The average Bonchev–Trinajstić information content (AvgIpc) is 3.23. The van der Waals surface area contributed by atoms with Crippen molar-refractivity contribution in [3.8, 4) is 5.82 Å². The smallest absolute Gasteiger partial charge is 0.293 e. The first-order valence-electron chi connectivity index (χ1n) is 7.72. The van der Waals surface area contributed by atoms with Gasteiger partial charge in [0.25, 0.3) is 5.91 Å². The topological polar surface area (TPSA) is 137 Å². The van der Waals surface area contributed by atoms with Crippen molar-refractivity contribution in [2.45, 2.75) is 19.8 Å². The van der Waals surface area contributed by atoms with E-state index in [0.29, 0.717) is 22.7 Å². The summed E-state index contributed by atoms with van der Waals surface area (Å²) in [5.41, 5.74) is 9.42.